The largest absolute Gasteiger partial charge is 0.365 e. The third-order valence-electron chi connectivity index (χ3n) is 4.48. The highest BCUT2D eigenvalue weighted by atomic mass is 79.9. The predicted octanol–water partition coefficient (Wildman–Crippen LogP) is 2.15. The van der Waals surface area contributed by atoms with Crippen LogP contribution in [0.4, 0.5) is 0 Å². The lowest BCUT2D eigenvalue weighted by molar-refractivity contribution is -0.183. The van der Waals surface area contributed by atoms with E-state index >= 15 is 0 Å². The van der Waals surface area contributed by atoms with Gasteiger partial charge in [0.2, 0.25) is 0 Å². The summed E-state index contributed by atoms with van der Waals surface area (Å²) in [4.78, 5) is 26.7. The van der Waals surface area contributed by atoms with Crippen molar-refractivity contribution in [3.05, 3.63) is 23.9 Å². The summed E-state index contributed by atoms with van der Waals surface area (Å²) in [5, 5.41) is -1.24. The fourth-order valence-electron chi connectivity index (χ4n) is 3.16. The molecule has 0 saturated carbocycles. The summed E-state index contributed by atoms with van der Waals surface area (Å²) in [5.41, 5.74) is -1.82. The molecule has 1 amide bonds. The van der Waals surface area contributed by atoms with Crippen LogP contribution in [0, 0.1) is 5.41 Å². The van der Waals surface area contributed by atoms with Gasteiger partial charge >= 0.3 is 0 Å². The molecule has 0 aromatic rings. The monoisotopic (exact) mass is 419 g/mol. The van der Waals surface area contributed by atoms with Crippen LogP contribution in [0.1, 0.15) is 34.1 Å². The Bertz CT molecular complexity index is 749. The zero-order valence-corrected chi connectivity index (χ0v) is 16.8. The molecule has 3 atom stereocenters. The Labute approximate surface area is 151 Å². The van der Waals surface area contributed by atoms with Crippen molar-refractivity contribution in [2.45, 2.75) is 49.2 Å². The van der Waals surface area contributed by atoms with Crippen LogP contribution in [-0.2, 0) is 24.2 Å². The molecule has 134 valence electrons. The smallest absolute Gasteiger partial charge is 0.264 e. The second-order valence-electron chi connectivity index (χ2n) is 7.13. The van der Waals surface area contributed by atoms with Crippen molar-refractivity contribution in [1.82, 2.24) is 4.90 Å². The third kappa shape index (κ3) is 2.34. The number of amides is 1. The summed E-state index contributed by atoms with van der Waals surface area (Å²) in [6.07, 6.45) is 1.51. The van der Waals surface area contributed by atoms with Gasteiger partial charge in [-0.25, -0.2) is 8.42 Å². The summed E-state index contributed by atoms with van der Waals surface area (Å²) < 4.78 is 30.1. The van der Waals surface area contributed by atoms with Crippen molar-refractivity contribution in [2.75, 3.05) is 7.11 Å². The number of nitrogens with zero attached hydrogens (tertiary/aromatic N) is 1. The molecule has 1 unspecified atom stereocenters. The molecule has 6 nitrogen and oxygen atoms in total. The third-order valence-corrected chi connectivity index (χ3v) is 8.87. The van der Waals surface area contributed by atoms with Crippen LogP contribution in [0.3, 0.4) is 0 Å². The van der Waals surface area contributed by atoms with Crippen molar-refractivity contribution in [3.63, 3.8) is 0 Å². The van der Waals surface area contributed by atoms with Gasteiger partial charge in [0, 0.05) is 18.9 Å². The fourth-order valence-corrected chi connectivity index (χ4v) is 6.14. The molecule has 24 heavy (non-hydrogen) atoms. The molecule has 1 fully saturated rings. The zero-order valence-electron chi connectivity index (χ0n) is 14.4. The average Bonchev–Trinajstić information content (AvgIpc) is 2.48. The van der Waals surface area contributed by atoms with E-state index in [1.165, 1.54) is 13.2 Å². The molecule has 0 aromatic carbocycles. The highest BCUT2D eigenvalue weighted by molar-refractivity contribution is 9.11. The number of fused-ring (bicyclic) bond motifs is 1. The second kappa shape index (κ2) is 5.78. The van der Waals surface area contributed by atoms with Crippen LogP contribution >= 0.6 is 15.9 Å². The van der Waals surface area contributed by atoms with Gasteiger partial charge in [-0.05, 0) is 12.5 Å². The Kier molecular flexibility index (Phi) is 4.65. The van der Waals surface area contributed by atoms with Crippen LogP contribution in [-0.4, -0.2) is 47.3 Å². The predicted molar refractivity (Wildman–Crippen MR) is 94.0 cm³/mol. The van der Waals surface area contributed by atoms with Gasteiger partial charge in [-0.3, -0.25) is 14.5 Å². The van der Waals surface area contributed by atoms with Gasteiger partial charge in [-0.2, -0.15) is 0 Å². The van der Waals surface area contributed by atoms with Gasteiger partial charge in [0.25, 0.3) is 5.91 Å². The minimum absolute atomic E-state index is 0.0541. The number of ketones is 1. The van der Waals surface area contributed by atoms with Gasteiger partial charge < -0.3 is 4.74 Å². The number of Topliss-reactive ketones (excluding diaryl/α,β-unsaturated/α-hetero) is 1. The molecule has 0 spiro atoms. The van der Waals surface area contributed by atoms with Crippen LogP contribution in [0.15, 0.2) is 23.9 Å². The number of carbonyl (C=O) groups excluding carboxylic acids is 2. The zero-order chi connectivity index (χ0) is 18.7. The van der Waals surface area contributed by atoms with E-state index in [9.17, 15) is 18.0 Å². The Balaban J connectivity index is 2.71. The normalized spacial score (nSPS) is 32.2. The number of β-lactam (4-membered cyclic amide) rings is 1. The Morgan fingerprint density at radius 2 is 2.00 bits per heavy atom. The van der Waals surface area contributed by atoms with Crippen LogP contribution in [0.5, 0.6) is 0 Å². The summed E-state index contributed by atoms with van der Waals surface area (Å²) >= 11 is 3.19. The lowest BCUT2D eigenvalue weighted by atomic mass is 9.82. The summed E-state index contributed by atoms with van der Waals surface area (Å²) in [6, 6.07) is 0. The lowest BCUT2D eigenvalue weighted by Crippen LogP contribution is -2.79. The molecule has 2 rings (SSSR count). The van der Waals surface area contributed by atoms with Gasteiger partial charge in [0.1, 0.15) is 4.16 Å². The quantitative estimate of drug-likeness (QED) is 0.396. The van der Waals surface area contributed by atoms with Gasteiger partial charge in [-0.15, -0.1) is 6.58 Å². The maximum absolute atomic E-state index is 12.9. The summed E-state index contributed by atoms with van der Waals surface area (Å²) in [5.74, 6) is -0.800. The van der Waals surface area contributed by atoms with Gasteiger partial charge in [0.05, 0.1) is 5.70 Å². The van der Waals surface area contributed by atoms with E-state index in [4.69, 9.17) is 4.74 Å². The first kappa shape index (κ1) is 19.3. The fraction of sp³-hybridized carbons (Fsp3) is 0.625. The lowest BCUT2D eigenvalue weighted by Gasteiger charge is -2.57. The van der Waals surface area contributed by atoms with E-state index in [0.29, 0.717) is 5.57 Å². The van der Waals surface area contributed by atoms with Crippen molar-refractivity contribution < 1.29 is 22.7 Å². The van der Waals surface area contributed by atoms with E-state index in [0.717, 1.165) is 4.90 Å². The molecule has 0 aliphatic carbocycles. The minimum atomic E-state index is -3.80. The van der Waals surface area contributed by atoms with E-state index in [1.807, 2.05) is 0 Å². The summed E-state index contributed by atoms with van der Waals surface area (Å²) in [7, 11) is -2.50. The molecule has 0 bridgehead atoms. The number of rotatable bonds is 4. The molecular weight excluding hydrogens is 398 g/mol. The Hall–Kier alpha value is -0.990. The van der Waals surface area contributed by atoms with Crippen molar-refractivity contribution in [1.29, 1.82) is 0 Å². The topological polar surface area (TPSA) is 80.8 Å². The SMILES string of the molecule is C=CC[C@@]1(OC)C(=O)N2C(C(=O)C(C)(C)C)=C(C)C(Br)S(=O)(=O)[C@H]21. The molecule has 0 aromatic heterocycles. The number of carbonyl (C=O) groups is 2. The Morgan fingerprint density at radius 3 is 2.42 bits per heavy atom. The first-order chi connectivity index (χ1) is 10.9. The first-order valence-corrected chi connectivity index (χ1v) is 10.0. The number of halogens is 1. The highest BCUT2D eigenvalue weighted by Gasteiger charge is 2.71. The van der Waals surface area contributed by atoms with E-state index < -0.39 is 36.3 Å². The van der Waals surface area contributed by atoms with Gasteiger partial charge in [-0.1, -0.05) is 42.8 Å². The second-order valence-corrected chi connectivity index (χ2v) is 10.7. The molecule has 2 aliphatic heterocycles. The molecule has 2 heterocycles. The number of allylic oxidation sites excluding steroid dienone is 1. The van der Waals surface area contributed by atoms with Crippen molar-refractivity contribution >= 4 is 37.5 Å². The molecule has 2 aliphatic rings. The number of methoxy groups -OCH3 is 1. The van der Waals surface area contributed by atoms with E-state index in [2.05, 4.69) is 22.5 Å². The maximum Gasteiger partial charge on any atom is 0.264 e. The minimum Gasteiger partial charge on any atom is -0.365 e. The van der Waals surface area contributed by atoms with Crippen LogP contribution < -0.4 is 0 Å². The molecule has 0 radical (unpaired) electrons. The van der Waals surface area contributed by atoms with E-state index in [-0.39, 0.29) is 17.9 Å². The molecule has 1 saturated heterocycles. The number of alkyl halides is 1. The number of sulfone groups is 1. The molecule has 0 N–H and O–H groups in total. The number of ether oxygens (including phenoxy) is 1. The van der Waals surface area contributed by atoms with E-state index in [1.54, 1.807) is 27.7 Å². The number of hydrogen-bond donors (Lipinski definition) is 0. The Morgan fingerprint density at radius 1 is 1.46 bits per heavy atom. The average molecular weight is 420 g/mol. The van der Waals surface area contributed by atoms with Crippen molar-refractivity contribution in [3.8, 4) is 0 Å². The van der Waals surface area contributed by atoms with Crippen molar-refractivity contribution in [2.24, 2.45) is 5.41 Å². The standard InChI is InChI=1S/C16H22BrNO5S/c1-7-8-16(23-6)13(20)18-10(11(19)15(3,4)5)9(2)12(17)24(21,22)14(16)18/h7,12,14H,1,8H2,2-6H3/t12?,14-,16+/m0/s1. The van der Waals surface area contributed by atoms with Gasteiger partial charge in [0.15, 0.2) is 26.6 Å². The molecule has 8 heteroatoms. The molecular formula is C16H22BrNO5S. The van der Waals surface area contributed by atoms with Crippen LogP contribution in [0.25, 0.3) is 0 Å². The maximum atomic E-state index is 12.9. The first-order valence-electron chi connectivity index (χ1n) is 7.50. The summed E-state index contributed by atoms with van der Waals surface area (Å²) in [6.45, 7) is 10.3. The highest BCUT2D eigenvalue weighted by Crippen LogP contribution is 2.50. The van der Waals surface area contributed by atoms with Crippen LogP contribution in [0.2, 0.25) is 0 Å². The number of hydrogen-bond acceptors (Lipinski definition) is 5.